The average Bonchev–Trinajstić information content (AvgIpc) is 2.30. The molecule has 1 aromatic heterocycles. The van der Waals surface area contributed by atoms with Gasteiger partial charge in [-0.05, 0) is 18.2 Å². The van der Waals surface area contributed by atoms with Gasteiger partial charge in [-0.3, -0.25) is 0 Å². The van der Waals surface area contributed by atoms with Crippen molar-refractivity contribution in [1.29, 1.82) is 0 Å². The molecule has 0 bridgehead atoms. The standard InChI is InChI=1S/C12H8Cl2N2O2/c13-7-2-1-3-8(14)10(7)9-6(12(17)18)4-5-16-11(9)15/h1-5H,(H2,15,16)(H,17,18). The molecule has 0 radical (unpaired) electrons. The highest BCUT2D eigenvalue weighted by Gasteiger charge is 2.19. The molecule has 0 amide bonds. The lowest BCUT2D eigenvalue weighted by Crippen LogP contribution is -2.05. The Morgan fingerprint density at radius 3 is 2.33 bits per heavy atom. The molecule has 4 nitrogen and oxygen atoms in total. The van der Waals surface area contributed by atoms with E-state index in [0.29, 0.717) is 15.6 Å². The molecule has 0 saturated heterocycles. The van der Waals surface area contributed by atoms with E-state index in [1.54, 1.807) is 18.2 Å². The van der Waals surface area contributed by atoms with E-state index < -0.39 is 5.97 Å². The van der Waals surface area contributed by atoms with E-state index >= 15 is 0 Å². The predicted molar refractivity (Wildman–Crippen MR) is 71.1 cm³/mol. The summed E-state index contributed by atoms with van der Waals surface area (Å²) in [6.45, 7) is 0. The molecule has 0 aliphatic rings. The van der Waals surface area contributed by atoms with Crippen molar-refractivity contribution in [2.45, 2.75) is 0 Å². The zero-order valence-corrected chi connectivity index (χ0v) is 10.5. The molecule has 0 saturated carbocycles. The van der Waals surface area contributed by atoms with Crippen LogP contribution in [0.5, 0.6) is 0 Å². The van der Waals surface area contributed by atoms with Crippen molar-refractivity contribution in [3.05, 3.63) is 46.1 Å². The van der Waals surface area contributed by atoms with Crippen molar-refractivity contribution in [2.24, 2.45) is 0 Å². The number of aromatic carboxylic acids is 1. The Balaban J connectivity index is 2.82. The smallest absolute Gasteiger partial charge is 0.336 e. The van der Waals surface area contributed by atoms with Crippen LogP contribution in [0.15, 0.2) is 30.5 Å². The Labute approximate surface area is 113 Å². The number of nitrogens with zero attached hydrogens (tertiary/aromatic N) is 1. The van der Waals surface area contributed by atoms with Crippen molar-refractivity contribution in [1.82, 2.24) is 4.98 Å². The second-order valence-electron chi connectivity index (χ2n) is 3.52. The summed E-state index contributed by atoms with van der Waals surface area (Å²) in [6.07, 6.45) is 1.33. The Kier molecular flexibility index (Phi) is 3.41. The summed E-state index contributed by atoms with van der Waals surface area (Å²) in [5, 5.41) is 9.81. The molecule has 6 heteroatoms. The summed E-state index contributed by atoms with van der Waals surface area (Å²) in [5.41, 5.74) is 6.36. The molecule has 0 aliphatic heterocycles. The van der Waals surface area contributed by atoms with E-state index in [9.17, 15) is 4.79 Å². The second-order valence-corrected chi connectivity index (χ2v) is 4.33. The molecule has 0 fully saturated rings. The number of nitrogen functional groups attached to an aromatic ring is 1. The third kappa shape index (κ3) is 2.12. The van der Waals surface area contributed by atoms with Gasteiger partial charge in [0.05, 0.1) is 15.6 Å². The summed E-state index contributed by atoms with van der Waals surface area (Å²) in [4.78, 5) is 15.1. The van der Waals surface area contributed by atoms with Crippen LogP contribution < -0.4 is 5.73 Å². The van der Waals surface area contributed by atoms with Crippen LogP contribution in [0.2, 0.25) is 10.0 Å². The second kappa shape index (κ2) is 4.84. The van der Waals surface area contributed by atoms with E-state index in [2.05, 4.69) is 4.98 Å². The Morgan fingerprint density at radius 2 is 1.78 bits per heavy atom. The number of rotatable bonds is 2. The zero-order valence-electron chi connectivity index (χ0n) is 9.02. The molecule has 18 heavy (non-hydrogen) atoms. The Bertz CT molecular complexity index is 609. The molecule has 1 heterocycles. The molecule has 0 aliphatic carbocycles. The minimum atomic E-state index is -1.12. The maximum Gasteiger partial charge on any atom is 0.336 e. The van der Waals surface area contributed by atoms with Gasteiger partial charge in [0.25, 0.3) is 0 Å². The first-order valence-electron chi connectivity index (χ1n) is 4.94. The van der Waals surface area contributed by atoms with E-state index in [4.69, 9.17) is 34.0 Å². The topological polar surface area (TPSA) is 76.2 Å². The fourth-order valence-electron chi connectivity index (χ4n) is 1.66. The van der Waals surface area contributed by atoms with Crippen molar-refractivity contribution in [3.8, 4) is 11.1 Å². The van der Waals surface area contributed by atoms with Crippen LogP contribution in [0.25, 0.3) is 11.1 Å². The molecule has 3 N–H and O–H groups in total. The number of hydrogen-bond acceptors (Lipinski definition) is 3. The van der Waals surface area contributed by atoms with Crippen LogP contribution in [0.3, 0.4) is 0 Å². The van der Waals surface area contributed by atoms with Gasteiger partial charge in [0.1, 0.15) is 5.82 Å². The van der Waals surface area contributed by atoms with Crippen molar-refractivity contribution in [2.75, 3.05) is 5.73 Å². The van der Waals surface area contributed by atoms with Crippen LogP contribution in [-0.2, 0) is 0 Å². The minimum absolute atomic E-state index is 0.0116. The largest absolute Gasteiger partial charge is 0.478 e. The number of benzene rings is 1. The highest BCUT2D eigenvalue weighted by Crippen LogP contribution is 2.38. The first kappa shape index (κ1) is 12.7. The molecule has 2 rings (SSSR count). The molecule has 0 atom stereocenters. The SMILES string of the molecule is Nc1nccc(C(=O)O)c1-c1c(Cl)cccc1Cl. The maximum atomic E-state index is 11.2. The number of carbonyl (C=O) groups is 1. The highest BCUT2D eigenvalue weighted by atomic mass is 35.5. The van der Waals surface area contributed by atoms with Gasteiger partial charge in [-0.2, -0.15) is 0 Å². The summed E-state index contributed by atoms with van der Waals surface area (Å²) < 4.78 is 0. The fourth-order valence-corrected chi connectivity index (χ4v) is 2.24. The number of carboxylic acids is 1. The molecule has 0 unspecified atom stereocenters. The van der Waals surface area contributed by atoms with Crippen LogP contribution >= 0.6 is 23.2 Å². The fraction of sp³-hybridized carbons (Fsp3) is 0. The van der Waals surface area contributed by atoms with Crippen LogP contribution in [-0.4, -0.2) is 16.1 Å². The number of anilines is 1. The van der Waals surface area contributed by atoms with Gasteiger partial charge in [-0.25, -0.2) is 9.78 Å². The summed E-state index contributed by atoms with van der Waals surface area (Å²) >= 11 is 12.1. The van der Waals surface area contributed by atoms with Crippen LogP contribution in [0, 0.1) is 0 Å². The maximum absolute atomic E-state index is 11.2. The van der Waals surface area contributed by atoms with Crippen molar-refractivity contribution < 1.29 is 9.90 Å². The van der Waals surface area contributed by atoms with Crippen molar-refractivity contribution in [3.63, 3.8) is 0 Å². The number of halogens is 2. The number of carboxylic acid groups (broad SMARTS) is 1. The molecule has 0 spiro atoms. The third-order valence-corrected chi connectivity index (χ3v) is 3.05. The molecular formula is C12H8Cl2N2O2. The lowest BCUT2D eigenvalue weighted by atomic mass is 10.0. The molecule has 2 aromatic rings. The lowest BCUT2D eigenvalue weighted by Gasteiger charge is -2.11. The van der Waals surface area contributed by atoms with Gasteiger partial charge in [0.15, 0.2) is 0 Å². The van der Waals surface area contributed by atoms with E-state index in [1.807, 2.05) is 0 Å². The van der Waals surface area contributed by atoms with Gasteiger partial charge in [0, 0.05) is 17.3 Å². The monoisotopic (exact) mass is 282 g/mol. The van der Waals surface area contributed by atoms with Gasteiger partial charge >= 0.3 is 5.97 Å². The lowest BCUT2D eigenvalue weighted by molar-refractivity contribution is 0.0697. The quantitative estimate of drug-likeness (QED) is 0.886. The van der Waals surface area contributed by atoms with Gasteiger partial charge in [-0.15, -0.1) is 0 Å². The van der Waals surface area contributed by atoms with E-state index in [0.717, 1.165) is 0 Å². The van der Waals surface area contributed by atoms with Crippen LogP contribution in [0.1, 0.15) is 10.4 Å². The summed E-state index contributed by atoms with van der Waals surface area (Å²) in [7, 11) is 0. The predicted octanol–water partition coefficient (Wildman–Crippen LogP) is 3.34. The molecule has 92 valence electrons. The number of hydrogen-bond donors (Lipinski definition) is 2. The average molecular weight is 283 g/mol. The van der Waals surface area contributed by atoms with Crippen molar-refractivity contribution >= 4 is 35.0 Å². The van der Waals surface area contributed by atoms with E-state index in [1.165, 1.54) is 12.3 Å². The van der Waals surface area contributed by atoms with Gasteiger partial charge < -0.3 is 10.8 Å². The highest BCUT2D eigenvalue weighted by molar-refractivity contribution is 6.39. The zero-order chi connectivity index (χ0) is 13.3. The molecular weight excluding hydrogens is 275 g/mol. The van der Waals surface area contributed by atoms with Gasteiger partial charge in [0.2, 0.25) is 0 Å². The molecule has 1 aromatic carbocycles. The first-order chi connectivity index (χ1) is 8.52. The Morgan fingerprint density at radius 1 is 1.17 bits per heavy atom. The van der Waals surface area contributed by atoms with Crippen LogP contribution in [0.4, 0.5) is 5.82 Å². The van der Waals surface area contributed by atoms with E-state index in [-0.39, 0.29) is 16.9 Å². The summed E-state index contributed by atoms with van der Waals surface area (Å²) in [5.74, 6) is -1.04. The number of pyridine rings is 1. The third-order valence-electron chi connectivity index (χ3n) is 2.42. The van der Waals surface area contributed by atoms with Gasteiger partial charge in [-0.1, -0.05) is 29.3 Å². The number of aromatic nitrogens is 1. The first-order valence-corrected chi connectivity index (χ1v) is 5.70. The Hall–Kier alpha value is -1.78. The number of nitrogens with two attached hydrogens (primary N) is 1. The summed E-state index contributed by atoms with van der Waals surface area (Å²) in [6, 6.07) is 6.25. The normalized spacial score (nSPS) is 10.3. The minimum Gasteiger partial charge on any atom is -0.478 e.